The van der Waals surface area contributed by atoms with Gasteiger partial charge < -0.3 is 29.3 Å². The molecule has 2 heterocycles. The Labute approximate surface area is 228 Å². The summed E-state index contributed by atoms with van der Waals surface area (Å²) >= 11 is 0. The van der Waals surface area contributed by atoms with Crippen LogP contribution in [0.3, 0.4) is 0 Å². The highest BCUT2D eigenvalue weighted by Gasteiger charge is 2.43. The fourth-order valence-corrected chi connectivity index (χ4v) is 3.89. The molecule has 3 rings (SSSR count). The Bertz CT molecular complexity index is 904. The number of carboxylic acids is 2. The van der Waals surface area contributed by atoms with E-state index in [4.69, 9.17) is 34.0 Å². The zero-order valence-electron chi connectivity index (χ0n) is 22.7. The highest BCUT2D eigenvalue weighted by atomic mass is 19.4. The first-order valence-electron chi connectivity index (χ1n) is 12.3. The first-order valence-corrected chi connectivity index (χ1v) is 12.3. The lowest BCUT2D eigenvalue weighted by Gasteiger charge is -2.33. The van der Waals surface area contributed by atoms with Crippen molar-refractivity contribution in [3.63, 3.8) is 0 Å². The van der Waals surface area contributed by atoms with Crippen LogP contribution >= 0.6 is 0 Å². The first kappa shape index (κ1) is 35.4. The lowest BCUT2D eigenvalue weighted by Crippen LogP contribution is -2.45. The summed E-state index contributed by atoms with van der Waals surface area (Å²) in [6, 6.07) is 8.90. The van der Waals surface area contributed by atoms with Crippen LogP contribution in [0.4, 0.5) is 26.3 Å². The van der Waals surface area contributed by atoms with Crippen LogP contribution in [-0.2, 0) is 25.6 Å². The summed E-state index contributed by atoms with van der Waals surface area (Å²) in [5.74, 6) is -4.61. The number of carbonyl (C=O) groups is 2. The second kappa shape index (κ2) is 15.4. The van der Waals surface area contributed by atoms with Gasteiger partial charge in [0.2, 0.25) is 0 Å². The third-order valence-electron chi connectivity index (χ3n) is 6.19. The van der Waals surface area contributed by atoms with Crippen LogP contribution < -0.4 is 4.74 Å². The number of hydrogen-bond acceptors (Lipinski definition) is 7. The summed E-state index contributed by atoms with van der Waals surface area (Å²) in [4.78, 5) is 22.6. The Kier molecular flexibility index (Phi) is 13.6. The van der Waals surface area contributed by atoms with E-state index in [9.17, 15) is 26.3 Å². The fourth-order valence-electron chi connectivity index (χ4n) is 3.89. The number of rotatable bonds is 6. The molecular weight excluding hydrogens is 554 g/mol. The summed E-state index contributed by atoms with van der Waals surface area (Å²) in [7, 11) is 3.88. The summed E-state index contributed by atoms with van der Waals surface area (Å²) in [6.45, 7) is 9.78. The largest absolute Gasteiger partial charge is 0.497 e. The molecule has 1 spiro atoms. The molecule has 2 aliphatic rings. The molecule has 0 saturated carbocycles. The van der Waals surface area contributed by atoms with Crippen LogP contribution in [-0.4, -0.2) is 109 Å². The van der Waals surface area contributed by atoms with E-state index in [0.29, 0.717) is 18.8 Å². The average molecular weight is 591 g/mol. The molecule has 1 aromatic rings. The van der Waals surface area contributed by atoms with Crippen LogP contribution in [0.1, 0.15) is 32.3 Å². The van der Waals surface area contributed by atoms with Crippen molar-refractivity contribution >= 4 is 11.9 Å². The van der Waals surface area contributed by atoms with E-state index < -0.39 is 24.3 Å². The van der Waals surface area contributed by atoms with Crippen LogP contribution in [0.15, 0.2) is 24.3 Å². The topological polar surface area (TPSA) is 109 Å². The minimum Gasteiger partial charge on any atom is -0.497 e. The molecule has 2 saturated heterocycles. The SMILES string of the molecule is COc1ccc(CN2CCOCC3(CCC(CN(C)C(C)C)O3)C2)cc1.O=C(O)C(F)(F)F.O=C(O)C(F)(F)F. The number of ether oxygens (including phenoxy) is 3. The number of halogens is 6. The maximum Gasteiger partial charge on any atom is 0.490 e. The standard InChI is InChI=1S/C21H34N2O3.2C2HF3O2/c1-17(2)22(3)14-20-9-10-21(26-20)15-23(11-12-25-16-21)13-18-5-7-19(24-4)8-6-18;2*3-2(4,5)1(6)7/h5-8,17,20H,9-16H2,1-4H3;2*(H,6,7). The smallest absolute Gasteiger partial charge is 0.490 e. The molecule has 1 aromatic carbocycles. The lowest BCUT2D eigenvalue weighted by molar-refractivity contribution is -0.193. The van der Waals surface area contributed by atoms with Crippen LogP contribution in [0, 0.1) is 0 Å². The highest BCUT2D eigenvalue weighted by molar-refractivity contribution is 5.73. The summed E-state index contributed by atoms with van der Waals surface area (Å²) in [5.41, 5.74) is 1.16. The molecule has 2 aliphatic heterocycles. The van der Waals surface area contributed by atoms with Crippen LogP contribution in [0.25, 0.3) is 0 Å². The third-order valence-corrected chi connectivity index (χ3v) is 6.19. The maximum atomic E-state index is 10.6. The van der Waals surface area contributed by atoms with Gasteiger partial charge in [-0.25, -0.2) is 9.59 Å². The molecule has 2 fully saturated rings. The molecule has 0 radical (unpaired) electrons. The Balaban J connectivity index is 0.000000473. The van der Waals surface area contributed by atoms with Crippen LogP contribution in [0.2, 0.25) is 0 Å². The van der Waals surface area contributed by atoms with Crippen molar-refractivity contribution in [2.24, 2.45) is 0 Å². The number of aliphatic carboxylic acids is 2. The Morgan fingerprint density at radius 3 is 2.08 bits per heavy atom. The predicted molar refractivity (Wildman–Crippen MR) is 131 cm³/mol. The zero-order valence-corrected chi connectivity index (χ0v) is 22.7. The molecule has 2 N–H and O–H groups in total. The Morgan fingerprint density at radius 2 is 1.62 bits per heavy atom. The van der Waals surface area contributed by atoms with Crippen molar-refractivity contribution in [2.75, 3.05) is 47.0 Å². The summed E-state index contributed by atoms with van der Waals surface area (Å²) < 4.78 is 81.2. The van der Waals surface area contributed by atoms with Crippen molar-refractivity contribution in [2.45, 2.75) is 63.3 Å². The van der Waals surface area contributed by atoms with Gasteiger partial charge in [-0.05, 0) is 51.4 Å². The van der Waals surface area contributed by atoms with Gasteiger partial charge in [-0.15, -0.1) is 0 Å². The van der Waals surface area contributed by atoms with Gasteiger partial charge >= 0.3 is 24.3 Å². The molecule has 2 unspecified atom stereocenters. The number of carboxylic acid groups (broad SMARTS) is 2. The zero-order chi connectivity index (χ0) is 30.7. The molecule has 0 bridgehead atoms. The highest BCUT2D eigenvalue weighted by Crippen LogP contribution is 2.34. The predicted octanol–water partition coefficient (Wildman–Crippen LogP) is 4.05. The molecule has 9 nitrogen and oxygen atoms in total. The van der Waals surface area contributed by atoms with E-state index in [1.807, 2.05) is 12.1 Å². The molecule has 2 atom stereocenters. The van der Waals surface area contributed by atoms with E-state index in [-0.39, 0.29) is 5.60 Å². The second-order valence-electron chi connectivity index (χ2n) is 9.71. The van der Waals surface area contributed by atoms with Gasteiger partial charge in [-0.1, -0.05) is 12.1 Å². The molecular formula is C25H36F6N2O7. The minimum absolute atomic E-state index is 0.147. The van der Waals surface area contributed by atoms with Gasteiger partial charge in [0, 0.05) is 32.2 Å². The van der Waals surface area contributed by atoms with Gasteiger partial charge in [-0.2, -0.15) is 26.3 Å². The number of methoxy groups -OCH3 is 1. The van der Waals surface area contributed by atoms with Crippen LogP contribution in [0.5, 0.6) is 5.75 Å². The number of hydrogen-bond donors (Lipinski definition) is 2. The van der Waals surface area contributed by atoms with Gasteiger partial charge in [-0.3, -0.25) is 4.90 Å². The molecule has 0 aromatic heterocycles. The summed E-state index contributed by atoms with van der Waals surface area (Å²) in [5, 5.41) is 14.2. The number of likely N-dealkylation sites (N-methyl/N-ethyl adjacent to an activating group) is 1. The van der Waals surface area contributed by atoms with Gasteiger partial charge in [0.25, 0.3) is 0 Å². The van der Waals surface area contributed by atoms with Crippen molar-refractivity contribution in [1.82, 2.24) is 9.80 Å². The Morgan fingerprint density at radius 1 is 1.10 bits per heavy atom. The normalized spacial score (nSPS) is 21.8. The van der Waals surface area contributed by atoms with Crippen molar-refractivity contribution in [3.8, 4) is 5.75 Å². The second-order valence-corrected chi connectivity index (χ2v) is 9.71. The maximum absolute atomic E-state index is 10.6. The molecule has 15 heteroatoms. The molecule has 0 aliphatic carbocycles. The van der Waals surface area contributed by atoms with Crippen molar-refractivity contribution < 1.29 is 60.4 Å². The third kappa shape index (κ3) is 12.7. The first-order chi connectivity index (χ1) is 18.4. The molecule has 230 valence electrons. The number of benzene rings is 1. The monoisotopic (exact) mass is 590 g/mol. The minimum atomic E-state index is -5.08. The Hall–Kier alpha value is -2.62. The van der Waals surface area contributed by atoms with E-state index in [1.165, 1.54) is 5.56 Å². The lowest BCUT2D eigenvalue weighted by atomic mass is 9.99. The van der Waals surface area contributed by atoms with E-state index >= 15 is 0 Å². The van der Waals surface area contributed by atoms with Gasteiger partial charge in [0.1, 0.15) is 11.4 Å². The number of alkyl halides is 6. The van der Waals surface area contributed by atoms with E-state index in [2.05, 4.69) is 42.8 Å². The van der Waals surface area contributed by atoms with Crippen molar-refractivity contribution in [3.05, 3.63) is 29.8 Å². The molecule has 40 heavy (non-hydrogen) atoms. The fraction of sp³-hybridized carbons (Fsp3) is 0.680. The van der Waals surface area contributed by atoms with Gasteiger partial charge in [0.15, 0.2) is 0 Å². The van der Waals surface area contributed by atoms with E-state index in [0.717, 1.165) is 51.4 Å². The van der Waals surface area contributed by atoms with E-state index in [1.54, 1.807) is 7.11 Å². The quantitative estimate of drug-likeness (QED) is 0.475. The van der Waals surface area contributed by atoms with Crippen molar-refractivity contribution in [1.29, 1.82) is 0 Å². The summed E-state index contributed by atoms with van der Waals surface area (Å²) in [6.07, 6.45) is -7.65. The van der Waals surface area contributed by atoms with Gasteiger partial charge in [0.05, 0.1) is 26.4 Å². The molecule has 0 amide bonds. The average Bonchev–Trinajstić information content (AvgIpc) is 3.12. The number of nitrogens with zero attached hydrogens (tertiary/aromatic N) is 2.